The highest BCUT2D eigenvalue weighted by Gasteiger charge is 2.31. The fourth-order valence-corrected chi connectivity index (χ4v) is 2.50. The van der Waals surface area contributed by atoms with Gasteiger partial charge in [0.25, 0.3) is 0 Å². The highest BCUT2D eigenvalue weighted by Crippen LogP contribution is 2.21. The molecule has 1 unspecified atom stereocenters. The smallest absolute Gasteiger partial charge is 0.144 e. The molecule has 18 heavy (non-hydrogen) atoms. The lowest BCUT2D eigenvalue weighted by Gasteiger charge is -2.41. The number of ether oxygens (including phenoxy) is 1. The van der Waals surface area contributed by atoms with Gasteiger partial charge in [-0.15, -0.1) is 0 Å². The molecule has 0 saturated carbocycles. The first-order valence-electron chi connectivity index (χ1n) is 6.37. The Hall–Kier alpha value is -1.20. The van der Waals surface area contributed by atoms with E-state index < -0.39 is 0 Å². The molecule has 5 nitrogen and oxygen atoms in total. The molecule has 100 valence electrons. The molecule has 2 heterocycles. The summed E-state index contributed by atoms with van der Waals surface area (Å²) in [6, 6.07) is 0. The third-order valence-electron chi connectivity index (χ3n) is 2.99. The van der Waals surface area contributed by atoms with E-state index in [1.165, 1.54) is 0 Å². The number of nitrogens with zero attached hydrogens (tertiary/aromatic N) is 3. The van der Waals surface area contributed by atoms with E-state index in [2.05, 4.69) is 41.0 Å². The Labute approximate surface area is 109 Å². The van der Waals surface area contributed by atoms with Crippen LogP contribution in [0.25, 0.3) is 0 Å². The third-order valence-corrected chi connectivity index (χ3v) is 2.99. The Morgan fingerprint density at radius 2 is 2.22 bits per heavy atom. The highest BCUT2D eigenvalue weighted by atomic mass is 16.5. The number of nitrogens with one attached hydrogen (secondary N) is 1. The van der Waals surface area contributed by atoms with E-state index in [0.29, 0.717) is 0 Å². The van der Waals surface area contributed by atoms with Crippen molar-refractivity contribution in [1.82, 2.24) is 14.9 Å². The summed E-state index contributed by atoms with van der Waals surface area (Å²) in [5, 5.41) is 2.97. The number of aromatic nitrogens is 2. The summed E-state index contributed by atoms with van der Waals surface area (Å²) in [6.45, 7) is 9.07. The lowest BCUT2D eigenvalue weighted by Crippen LogP contribution is -2.51. The molecule has 1 aromatic heterocycles. The average Bonchev–Trinajstić information content (AvgIpc) is 2.27. The second kappa shape index (κ2) is 5.20. The van der Waals surface area contributed by atoms with Crippen LogP contribution in [0.4, 0.5) is 5.82 Å². The molecule has 0 bridgehead atoms. The fourth-order valence-electron chi connectivity index (χ4n) is 2.50. The van der Waals surface area contributed by atoms with Crippen LogP contribution in [0.5, 0.6) is 0 Å². The molecule has 1 aliphatic heterocycles. The first kappa shape index (κ1) is 13.2. The van der Waals surface area contributed by atoms with Crippen molar-refractivity contribution in [2.75, 3.05) is 25.5 Å². The molecule has 0 aromatic carbocycles. The van der Waals surface area contributed by atoms with E-state index in [1.54, 1.807) is 6.20 Å². The lowest BCUT2D eigenvalue weighted by atomic mass is 10.1. The number of morpholine rings is 1. The van der Waals surface area contributed by atoms with Crippen molar-refractivity contribution in [3.8, 4) is 0 Å². The van der Waals surface area contributed by atoms with Gasteiger partial charge in [-0.3, -0.25) is 9.88 Å². The van der Waals surface area contributed by atoms with Gasteiger partial charge >= 0.3 is 0 Å². The first-order valence-corrected chi connectivity index (χ1v) is 6.37. The zero-order valence-electron chi connectivity index (χ0n) is 11.6. The second-order valence-corrected chi connectivity index (χ2v) is 5.50. The van der Waals surface area contributed by atoms with Crippen LogP contribution >= 0.6 is 0 Å². The highest BCUT2D eigenvalue weighted by molar-refractivity contribution is 5.29. The standard InChI is InChI=1S/C13H22N4O/c1-10-7-17(9-13(2,3)18-10)8-11-5-16-12(14-4)6-15-11/h5-6,10H,7-9H2,1-4H3,(H,14,16). The summed E-state index contributed by atoms with van der Waals surface area (Å²) < 4.78 is 5.89. The molecule has 1 aliphatic rings. The second-order valence-electron chi connectivity index (χ2n) is 5.50. The summed E-state index contributed by atoms with van der Waals surface area (Å²) in [7, 11) is 1.84. The van der Waals surface area contributed by atoms with Gasteiger partial charge in [0, 0.05) is 26.7 Å². The predicted molar refractivity (Wildman–Crippen MR) is 71.5 cm³/mol. The molecular weight excluding hydrogens is 228 g/mol. The van der Waals surface area contributed by atoms with Crippen LogP contribution in [-0.4, -0.2) is 46.7 Å². The van der Waals surface area contributed by atoms with Crippen LogP contribution in [0.15, 0.2) is 12.4 Å². The maximum absolute atomic E-state index is 5.89. The van der Waals surface area contributed by atoms with Gasteiger partial charge in [-0.1, -0.05) is 0 Å². The predicted octanol–water partition coefficient (Wildman–Crippen LogP) is 1.52. The Kier molecular flexibility index (Phi) is 3.82. The van der Waals surface area contributed by atoms with Gasteiger partial charge in [0.15, 0.2) is 0 Å². The van der Waals surface area contributed by atoms with Crippen LogP contribution in [0.3, 0.4) is 0 Å². The quantitative estimate of drug-likeness (QED) is 0.881. The molecule has 1 saturated heterocycles. The van der Waals surface area contributed by atoms with Gasteiger partial charge in [0.2, 0.25) is 0 Å². The largest absolute Gasteiger partial charge is 0.372 e. The van der Waals surface area contributed by atoms with Crippen LogP contribution in [-0.2, 0) is 11.3 Å². The van der Waals surface area contributed by atoms with Gasteiger partial charge in [-0.2, -0.15) is 0 Å². The third kappa shape index (κ3) is 3.40. The van der Waals surface area contributed by atoms with Crippen LogP contribution in [0, 0.1) is 0 Å². The lowest BCUT2D eigenvalue weighted by molar-refractivity contribution is -0.131. The maximum Gasteiger partial charge on any atom is 0.144 e. The average molecular weight is 250 g/mol. The van der Waals surface area contributed by atoms with Crippen molar-refractivity contribution in [2.24, 2.45) is 0 Å². The monoisotopic (exact) mass is 250 g/mol. The summed E-state index contributed by atoms with van der Waals surface area (Å²) in [5.41, 5.74) is 0.912. The minimum atomic E-state index is -0.0873. The van der Waals surface area contributed by atoms with Gasteiger partial charge in [-0.25, -0.2) is 4.98 Å². The van der Waals surface area contributed by atoms with Gasteiger partial charge in [0.1, 0.15) is 5.82 Å². The fraction of sp³-hybridized carbons (Fsp3) is 0.692. The Morgan fingerprint density at radius 3 is 2.78 bits per heavy atom. The van der Waals surface area contributed by atoms with E-state index in [9.17, 15) is 0 Å². The van der Waals surface area contributed by atoms with Crippen molar-refractivity contribution >= 4 is 5.82 Å². The van der Waals surface area contributed by atoms with Crippen LogP contribution < -0.4 is 5.32 Å². The molecule has 1 atom stereocenters. The molecule has 5 heteroatoms. The molecule has 1 aromatic rings. The minimum Gasteiger partial charge on any atom is -0.372 e. The summed E-state index contributed by atoms with van der Waals surface area (Å²) in [6.07, 6.45) is 3.86. The van der Waals surface area contributed by atoms with E-state index in [1.807, 2.05) is 13.2 Å². The number of hydrogen-bond acceptors (Lipinski definition) is 5. The van der Waals surface area contributed by atoms with Crippen molar-refractivity contribution in [3.63, 3.8) is 0 Å². The number of hydrogen-bond donors (Lipinski definition) is 1. The van der Waals surface area contributed by atoms with E-state index in [4.69, 9.17) is 4.74 Å². The van der Waals surface area contributed by atoms with Gasteiger partial charge in [0.05, 0.1) is 29.8 Å². The molecule has 0 aliphatic carbocycles. The molecule has 1 N–H and O–H groups in total. The van der Waals surface area contributed by atoms with E-state index >= 15 is 0 Å². The van der Waals surface area contributed by atoms with E-state index in [0.717, 1.165) is 31.1 Å². The zero-order valence-corrected chi connectivity index (χ0v) is 11.6. The Balaban J connectivity index is 1.99. The number of rotatable bonds is 3. The topological polar surface area (TPSA) is 50.3 Å². The van der Waals surface area contributed by atoms with Crippen LogP contribution in [0.1, 0.15) is 26.5 Å². The van der Waals surface area contributed by atoms with Crippen molar-refractivity contribution in [3.05, 3.63) is 18.1 Å². The van der Waals surface area contributed by atoms with Crippen LogP contribution in [0.2, 0.25) is 0 Å². The Bertz CT molecular complexity index is 390. The summed E-state index contributed by atoms with van der Waals surface area (Å²) in [4.78, 5) is 11.1. The van der Waals surface area contributed by atoms with Crippen molar-refractivity contribution in [1.29, 1.82) is 0 Å². The number of anilines is 1. The molecule has 0 amide bonds. The maximum atomic E-state index is 5.89. The zero-order chi connectivity index (χ0) is 13.2. The Morgan fingerprint density at radius 1 is 1.44 bits per heavy atom. The van der Waals surface area contributed by atoms with Crippen molar-refractivity contribution < 1.29 is 4.74 Å². The first-order chi connectivity index (χ1) is 8.48. The molecule has 0 spiro atoms. The minimum absolute atomic E-state index is 0.0873. The van der Waals surface area contributed by atoms with Gasteiger partial charge < -0.3 is 10.1 Å². The molecule has 1 fully saturated rings. The van der Waals surface area contributed by atoms with Gasteiger partial charge in [-0.05, 0) is 20.8 Å². The molecular formula is C13H22N4O. The normalized spacial score (nSPS) is 23.9. The van der Waals surface area contributed by atoms with E-state index in [-0.39, 0.29) is 11.7 Å². The SMILES string of the molecule is CNc1cnc(CN2CC(C)OC(C)(C)C2)cn1. The summed E-state index contributed by atoms with van der Waals surface area (Å²) in [5.74, 6) is 0.800. The molecule has 2 rings (SSSR count). The van der Waals surface area contributed by atoms with Crippen molar-refractivity contribution in [2.45, 2.75) is 39.0 Å². The molecule has 0 radical (unpaired) electrons. The summed E-state index contributed by atoms with van der Waals surface area (Å²) >= 11 is 0.